The quantitative estimate of drug-likeness (QED) is 0.0222. The maximum absolute atomic E-state index is 13.1. The average Bonchev–Trinajstić information content (AvgIpc) is 2.98. The van der Waals surface area contributed by atoms with E-state index in [4.69, 9.17) is 37.0 Å². The van der Waals surface area contributed by atoms with Gasteiger partial charge in [-0.1, -0.05) is 336 Å². The van der Waals surface area contributed by atoms with Crippen molar-refractivity contribution in [2.75, 3.05) is 39.6 Å². The number of aliphatic hydroxyl groups excluding tert-OH is 1. The Kier molecular flexibility index (Phi) is 65.9. The van der Waals surface area contributed by atoms with E-state index in [-0.39, 0.29) is 25.7 Å². The number of esters is 4. The van der Waals surface area contributed by atoms with Crippen LogP contribution in [0.3, 0.4) is 0 Å². The molecule has 552 valence electrons. The predicted octanol–water partition coefficient (Wildman–Crippen LogP) is 21.7. The number of unbranched alkanes of at least 4 members (excludes halogenated alkanes) is 46. The van der Waals surface area contributed by atoms with E-state index in [0.717, 1.165) is 95.8 Å². The summed E-state index contributed by atoms with van der Waals surface area (Å²) in [6, 6.07) is 0. The summed E-state index contributed by atoms with van der Waals surface area (Å²) in [4.78, 5) is 72.8. The third kappa shape index (κ3) is 68.4. The molecule has 0 heterocycles. The van der Waals surface area contributed by atoms with Crippen LogP contribution in [0, 0.1) is 5.92 Å². The third-order valence-electron chi connectivity index (χ3n) is 17.3. The van der Waals surface area contributed by atoms with Gasteiger partial charge in [0.25, 0.3) is 0 Å². The molecule has 0 aromatic heterocycles. The molecule has 0 radical (unpaired) electrons. The number of phosphoric acid groups is 2. The Morgan fingerprint density at radius 1 is 0.290 bits per heavy atom. The van der Waals surface area contributed by atoms with Crippen LogP contribution in [-0.4, -0.2) is 96.7 Å². The lowest BCUT2D eigenvalue weighted by Crippen LogP contribution is -2.30. The monoisotopic (exact) mass is 1370 g/mol. The molecule has 0 fully saturated rings. The van der Waals surface area contributed by atoms with Gasteiger partial charge in [0.2, 0.25) is 0 Å². The molecular formula is C74H144O17P2. The zero-order valence-electron chi connectivity index (χ0n) is 60.4. The van der Waals surface area contributed by atoms with Gasteiger partial charge in [0.1, 0.15) is 19.3 Å². The molecule has 93 heavy (non-hydrogen) atoms. The minimum atomic E-state index is -4.95. The Balaban J connectivity index is 5.26. The molecule has 5 atom stereocenters. The Morgan fingerprint density at radius 2 is 0.495 bits per heavy atom. The summed E-state index contributed by atoms with van der Waals surface area (Å²) >= 11 is 0. The van der Waals surface area contributed by atoms with Crippen LogP contribution in [0.25, 0.3) is 0 Å². The van der Waals surface area contributed by atoms with Gasteiger partial charge in [0, 0.05) is 25.7 Å². The van der Waals surface area contributed by atoms with Gasteiger partial charge in [-0.3, -0.25) is 37.3 Å². The molecule has 0 aliphatic carbocycles. The molecule has 0 aromatic carbocycles. The molecule has 0 amide bonds. The van der Waals surface area contributed by atoms with Crippen LogP contribution in [-0.2, 0) is 65.4 Å². The van der Waals surface area contributed by atoms with Gasteiger partial charge in [-0.15, -0.1) is 0 Å². The fourth-order valence-electron chi connectivity index (χ4n) is 11.4. The number of carbonyl (C=O) groups is 4. The molecule has 3 N–H and O–H groups in total. The molecule has 2 unspecified atom stereocenters. The molecular weight excluding hydrogens is 1220 g/mol. The number of phosphoric ester groups is 2. The molecule has 0 aliphatic rings. The Hall–Kier alpha value is -1.94. The summed E-state index contributed by atoms with van der Waals surface area (Å²) in [5.41, 5.74) is 0. The summed E-state index contributed by atoms with van der Waals surface area (Å²) in [7, 11) is -9.91. The molecule has 0 saturated carbocycles. The second-order valence-electron chi connectivity index (χ2n) is 27.2. The second-order valence-corrected chi connectivity index (χ2v) is 30.1. The van der Waals surface area contributed by atoms with Gasteiger partial charge >= 0.3 is 39.5 Å². The van der Waals surface area contributed by atoms with E-state index in [1.165, 1.54) is 212 Å². The number of carbonyl (C=O) groups excluding carboxylic acids is 4. The highest BCUT2D eigenvalue weighted by Crippen LogP contribution is 2.45. The zero-order chi connectivity index (χ0) is 68.4. The van der Waals surface area contributed by atoms with Gasteiger partial charge in [-0.05, 0) is 31.6 Å². The van der Waals surface area contributed by atoms with Crippen molar-refractivity contribution in [1.29, 1.82) is 0 Å². The molecule has 0 aliphatic heterocycles. The largest absolute Gasteiger partial charge is 0.472 e. The van der Waals surface area contributed by atoms with Crippen molar-refractivity contribution in [3.8, 4) is 0 Å². The first-order valence-corrected chi connectivity index (χ1v) is 41.6. The van der Waals surface area contributed by atoms with Gasteiger partial charge in [-0.25, -0.2) is 9.13 Å². The van der Waals surface area contributed by atoms with Crippen molar-refractivity contribution in [3.05, 3.63) is 0 Å². The van der Waals surface area contributed by atoms with Gasteiger partial charge in [0.15, 0.2) is 12.2 Å². The molecule has 0 saturated heterocycles. The van der Waals surface area contributed by atoms with Crippen molar-refractivity contribution in [2.24, 2.45) is 5.92 Å². The van der Waals surface area contributed by atoms with Crippen molar-refractivity contribution in [2.45, 2.75) is 406 Å². The summed E-state index contributed by atoms with van der Waals surface area (Å²) in [6.45, 7) is 7.29. The third-order valence-corrected chi connectivity index (χ3v) is 19.2. The van der Waals surface area contributed by atoms with Gasteiger partial charge < -0.3 is 33.8 Å². The highest BCUT2D eigenvalue weighted by molar-refractivity contribution is 7.47. The van der Waals surface area contributed by atoms with Crippen molar-refractivity contribution in [1.82, 2.24) is 0 Å². The Bertz CT molecular complexity index is 1790. The maximum atomic E-state index is 13.1. The molecule has 19 heteroatoms. The van der Waals surface area contributed by atoms with E-state index in [9.17, 15) is 43.2 Å². The van der Waals surface area contributed by atoms with Crippen LogP contribution in [0.1, 0.15) is 388 Å². The highest BCUT2D eigenvalue weighted by atomic mass is 31.2. The van der Waals surface area contributed by atoms with Crippen LogP contribution < -0.4 is 0 Å². The van der Waals surface area contributed by atoms with Crippen LogP contribution in [0.4, 0.5) is 0 Å². The summed E-state index contributed by atoms with van der Waals surface area (Å²) < 4.78 is 68.5. The van der Waals surface area contributed by atoms with Crippen molar-refractivity contribution < 1.29 is 80.2 Å². The summed E-state index contributed by atoms with van der Waals surface area (Å²) in [5.74, 6) is -1.35. The normalized spacial score (nSPS) is 14.0. The molecule has 0 spiro atoms. The molecule has 17 nitrogen and oxygen atoms in total. The Labute approximate surface area is 568 Å². The van der Waals surface area contributed by atoms with E-state index in [2.05, 4.69) is 34.6 Å². The number of aliphatic hydroxyl groups is 1. The first kappa shape index (κ1) is 91.1. The topological polar surface area (TPSA) is 237 Å². The van der Waals surface area contributed by atoms with E-state index in [1.54, 1.807) is 0 Å². The van der Waals surface area contributed by atoms with Crippen molar-refractivity contribution in [3.63, 3.8) is 0 Å². The van der Waals surface area contributed by atoms with E-state index < -0.39 is 97.5 Å². The summed E-state index contributed by atoms with van der Waals surface area (Å²) in [6.07, 6.45) is 55.2. The highest BCUT2D eigenvalue weighted by Gasteiger charge is 2.30. The Morgan fingerprint density at radius 3 is 0.731 bits per heavy atom. The maximum Gasteiger partial charge on any atom is 0.472 e. The smallest absolute Gasteiger partial charge is 0.462 e. The van der Waals surface area contributed by atoms with Crippen LogP contribution >= 0.6 is 15.6 Å². The van der Waals surface area contributed by atoms with E-state index in [1.807, 2.05) is 0 Å². The number of hydrogen-bond donors (Lipinski definition) is 3. The number of rotatable bonds is 74. The molecule has 0 rings (SSSR count). The fraction of sp³-hybridized carbons (Fsp3) is 0.946. The summed E-state index contributed by atoms with van der Waals surface area (Å²) in [5, 5.41) is 10.6. The second kappa shape index (κ2) is 67.3. The van der Waals surface area contributed by atoms with Crippen LogP contribution in [0.5, 0.6) is 0 Å². The average molecular weight is 1370 g/mol. The minimum Gasteiger partial charge on any atom is -0.462 e. The SMILES string of the molecule is CCCCCCCCCCCCCCCCC(=O)OC[C@H](COP(=O)(O)OC[C@@H](O)COP(=O)(O)OC[C@@H](COC(=O)CCCCCCCCCCCCCC)OC(=O)CCCCCCCCCCCCCCC)OC(=O)CCCCCCCCCCCCCC(C)C. The van der Waals surface area contributed by atoms with E-state index in [0.29, 0.717) is 25.7 Å². The van der Waals surface area contributed by atoms with E-state index >= 15 is 0 Å². The predicted molar refractivity (Wildman–Crippen MR) is 377 cm³/mol. The van der Waals surface area contributed by atoms with Gasteiger partial charge in [0.05, 0.1) is 26.4 Å². The fourth-order valence-corrected chi connectivity index (χ4v) is 12.9. The lowest BCUT2D eigenvalue weighted by Gasteiger charge is -2.21. The number of hydrogen-bond acceptors (Lipinski definition) is 15. The molecule has 0 bridgehead atoms. The zero-order valence-corrected chi connectivity index (χ0v) is 62.2. The van der Waals surface area contributed by atoms with Gasteiger partial charge in [-0.2, -0.15) is 0 Å². The van der Waals surface area contributed by atoms with Crippen LogP contribution in [0.2, 0.25) is 0 Å². The first-order chi connectivity index (χ1) is 45.0. The lowest BCUT2D eigenvalue weighted by atomic mass is 10.0. The van der Waals surface area contributed by atoms with Crippen LogP contribution in [0.15, 0.2) is 0 Å². The van der Waals surface area contributed by atoms with Crippen molar-refractivity contribution >= 4 is 39.5 Å². The first-order valence-electron chi connectivity index (χ1n) is 38.6. The minimum absolute atomic E-state index is 0.107. The lowest BCUT2D eigenvalue weighted by molar-refractivity contribution is -0.161. The standard InChI is InChI=1S/C74H144O17P2/c1-6-9-12-15-18-21-24-27-29-33-38-43-48-53-58-72(77)85-64-70(91-74(79)60-55-50-45-40-35-30-31-36-41-46-51-56-67(4)5)66-89-93(82,83)87-62-68(75)61-86-92(80,81)88-65-69(63-84-71(76)57-52-47-42-37-32-26-23-20-17-14-11-8-3)90-73(78)59-54-49-44-39-34-28-25-22-19-16-13-10-7-2/h67-70,75H,6-66H2,1-5H3,(H,80,81)(H,82,83)/t68-,69+,70+/m0/s1. The molecule has 0 aromatic rings. The number of ether oxygens (including phenoxy) is 4.